The first-order chi connectivity index (χ1) is 42.6. The third-order valence-corrected chi connectivity index (χ3v) is 17.5. The van der Waals surface area contributed by atoms with Gasteiger partial charge < -0.3 is 0 Å². The molecule has 16 aromatic rings. The molecule has 0 aliphatic rings. The van der Waals surface area contributed by atoms with E-state index in [9.17, 15) is 0 Å². The van der Waals surface area contributed by atoms with E-state index >= 15 is 0 Å². The monoisotopic (exact) mass is 1100 g/mol. The quantitative estimate of drug-likeness (QED) is 0.121. The summed E-state index contributed by atoms with van der Waals surface area (Å²) in [6, 6.07) is 93.8. The molecule has 16 rings (SSSR count). The fourth-order valence-electron chi connectivity index (χ4n) is 13.5. The molecule has 0 fully saturated rings. The molecule has 12 aromatic carbocycles. The van der Waals surface area contributed by atoms with E-state index in [0.717, 1.165) is 108 Å². The predicted octanol–water partition coefficient (Wildman–Crippen LogP) is 20.6. The Morgan fingerprint density at radius 3 is 1.03 bits per heavy atom. The number of imidazole rings is 2. The van der Waals surface area contributed by atoms with E-state index in [4.69, 9.17) is 9.97 Å². The van der Waals surface area contributed by atoms with Crippen LogP contribution in [0.4, 0.5) is 0 Å². The molecule has 0 aliphatic heterocycles. The highest BCUT2D eigenvalue weighted by atomic mass is 15.1. The molecular formula is C80H56N6. The Morgan fingerprint density at radius 2 is 0.616 bits per heavy atom. The van der Waals surface area contributed by atoms with Crippen LogP contribution in [0.15, 0.2) is 280 Å². The van der Waals surface area contributed by atoms with Gasteiger partial charge in [0.05, 0.1) is 22.1 Å². The van der Waals surface area contributed by atoms with Gasteiger partial charge in [-0.1, -0.05) is 190 Å². The number of benzene rings is 12. The fourth-order valence-corrected chi connectivity index (χ4v) is 13.5. The number of hydrogen-bond acceptors (Lipinski definition) is 4. The Kier molecular flexibility index (Phi) is 12.3. The second kappa shape index (κ2) is 21.0. The molecule has 406 valence electrons. The third-order valence-electron chi connectivity index (χ3n) is 17.5. The van der Waals surface area contributed by atoms with Gasteiger partial charge in [-0.15, -0.1) is 0 Å². The molecule has 0 spiro atoms. The summed E-state index contributed by atoms with van der Waals surface area (Å²) in [5, 5.41) is 9.57. The molecule has 0 radical (unpaired) electrons. The van der Waals surface area contributed by atoms with Crippen LogP contribution in [0.2, 0.25) is 0 Å². The van der Waals surface area contributed by atoms with E-state index in [-0.39, 0.29) is 0 Å². The number of fused-ring (bicyclic) bond motifs is 6. The molecular weight excluding hydrogens is 1040 g/mol. The number of rotatable bonds is 11. The fraction of sp³-hybridized carbons (Fsp3) is 0.0500. The number of aromatic nitrogens is 6. The topological polar surface area (TPSA) is 61.4 Å². The third kappa shape index (κ3) is 8.48. The normalized spacial score (nSPS) is 11.7. The Balaban J connectivity index is 0.919. The van der Waals surface area contributed by atoms with Gasteiger partial charge in [0.15, 0.2) is 0 Å². The van der Waals surface area contributed by atoms with Crippen molar-refractivity contribution in [3.8, 4) is 89.3 Å². The largest absolute Gasteiger partial charge is 0.296 e. The summed E-state index contributed by atoms with van der Waals surface area (Å²) in [5.41, 5.74) is 22.7. The summed E-state index contributed by atoms with van der Waals surface area (Å²) < 4.78 is 4.62. The number of aryl methyl sites for hydroxylation is 2. The van der Waals surface area contributed by atoms with Crippen molar-refractivity contribution in [2.24, 2.45) is 0 Å². The standard InChI is InChI=1S/C80H56N6/c1-3-75-83-71-19-9-11-21-73(71)85(75)61-37-31-56(32-38-61)79-65-17-7-5-15-63(65)77(54-27-23-51(24-28-54)53-43-46-81-47-44-53)67-41-35-58(48-69(67)79)59-36-42-68-70(49-59)80(57-33-39-62(40-34-57)86-74-22-12-10-20-72(74)84-76(86)4-2)66-18-8-6-16-64(66)78(68)55-29-25-52(26-30-55)60-14-13-45-82-50-60/h5-50H,3-4H2,1-2H3. The number of para-hydroxylation sites is 4. The van der Waals surface area contributed by atoms with Crippen molar-refractivity contribution in [2.45, 2.75) is 26.7 Å². The lowest BCUT2D eigenvalue weighted by Crippen LogP contribution is -2.00. The smallest absolute Gasteiger partial charge is 0.114 e. The molecule has 0 aliphatic carbocycles. The zero-order valence-electron chi connectivity index (χ0n) is 47.7. The van der Waals surface area contributed by atoms with Crippen LogP contribution < -0.4 is 0 Å². The SMILES string of the molecule is CCc1nc2ccccc2n1-c1ccc(-c2c3ccccc3c(-c3ccc(-c4ccncc4)cc3)c3ccc(-c4ccc5c(-c6ccc(-c7cccnc7)cc6)c6ccccc6c(-c6ccc(-n7c(CC)nc8ccccc87)cc6)c5c4)cc23)cc1. The minimum Gasteiger partial charge on any atom is -0.296 e. The first-order valence-electron chi connectivity index (χ1n) is 29.7. The van der Waals surface area contributed by atoms with Crippen LogP contribution in [0.3, 0.4) is 0 Å². The molecule has 4 aromatic heterocycles. The molecule has 6 heteroatoms. The number of hydrogen-bond donors (Lipinski definition) is 0. The average Bonchev–Trinajstić information content (AvgIpc) is 1.21. The van der Waals surface area contributed by atoms with Crippen molar-refractivity contribution in [3.05, 3.63) is 291 Å². The van der Waals surface area contributed by atoms with Crippen molar-refractivity contribution < 1.29 is 0 Å². The van der Waals surface area contributed by atoms with E-state index < -0.39 is 0 Å². The summed E-state index contributed by atoms with van der Waals surface area (Å²) in [7, 11) is 0. The van der Waals surface area contributed by atoms with Gasteiger partial charge in [0, 0.05) is 49.0 Å². The molecule has 0 N–H and O–H groups in total. The predicted molar refractivity (Wildman–Crippen MR) is 358 cm³/mol. The van der Waals surface area contributed by atoms with Gasteiger partial charge >= 0.3 is 0 Å². The highest BCUT2D eigenvalue weighted by molar-refractivity contribution is 6.24. The van der Waals surface area contributed by atoms with Gasteiger partial charge in [0.1, 0.15) is 11.6 Å². The molecule has 86 heavy (non-hydrogen) atoms. The van der Waals surface area contributed by atoms with Crippen LogP contribution in [-0.2, 0) is 12.8 Å². The van der Waals surface area contributed by atoms with Crippen molar-refractivity contribution in [1.82, 2.24) is 29.1 Å². The van der Waals surface area contributed by atoms with Gasteiger partial charge in [0.2, 0.25) is 0 Å². The van der Waals surface area contributed by atoms with Crippen molar-refractivity contribution in [1.29, 1.82) is 0 Å². The maximum atomic E-state index is 5.04. The van der Waals surface area contributed by atoms with Crippen LogP contribution in [0.5, 0.6) is 0 Å². The van der Waals surface area contributed by atoms with Crippen LogP contribution in [0.25, 0.3) is 154 Å². The molecule has 0 atom stereocenters. The summed E-state index contributed by atoms with van der Waals surface area (Å²) >= 11 is 0. The maximum absolute atomic E-state index is 5.04. The van der Waals surface area contributed by atoms with E-state index in [1.807, 2.05) is 30.9 Å². The van der Waals surface area contributed by atoms with Crippen molar-refractivity contribution in [3.63, 3.8) is 0 Å². The Labute approximate surface area is 498 Å². The molecule has 0 unspecified atom stereocenters. The minimum atomic E-state index is 0.822. The van der Waals surface area contributed by atoms with Gasteiger partial charge in [-0.25, -0.2) is 9.97 Å². The number of pyridine rings is 2. The van der Waals surface area contributed by atoms with Crippen molar-refractivity contribution in [2.75, 3.05) is 0 Å². The van der Waals surface area contributed by atoms with Gasteiger partial charge in [-0.3, -0.25) is 19.1 Å². The van der Waals surface area contributed by atoms with Crippen LogP contribution >= 0.6 is 0 Å². The highest BCUT2D eigenvalue weighted by Gasteiger charge is 2.22. The molecule has 0 amide bonds. The maximum Gasteiger partial charge on any atom is 0.114 e. The van der Waals surface area contributed by atoms with Crippen molar-refractivity contribution >= 4 is 65.2 Å². The lowest BCUT2D eigenvalue weighted by molar-refractivity contribution is 0.908. The summed E-state index contributed by atoms with van der Waals surface area (Å²) in [4.78, 5) is 18.8. The summed E-state index contributed by atoms with van der Waals surface area (Å²) in [6.07, 6.45) is 9.12. The first kappa shape index (κ1) is 50.6. The zero-order valence-corrected chi connectivity index (χ0v) is 47.7. The average molecular weight is 1100 g/mol. The molecule has 6 nitrogen and oxygen atoms in total. The molecule has 0 bridgehead atoms. The molecule has 4 heterocycles. The highest BCUT2D eigenvalue weighted by Crippen LogP contribution is 2.48. The Hall–Kier alpha value is -11.1. The molecule has 0 saturated carbocycles. The second-order valence-electron chi connectivity index (χ2n) is 22.2. The molecule has 0 saturated heterocycles. The minimum absolute atomic E-state index is 0.822. The lowest BCUT2D eigenvalue weighted by atomic mass is 9.83. The van der Waals surface area contributed by atoms with Crippen LogP contribution in [0, 0.1) is 0 Å². The second-order valence-corrected chi connectivity index (χ2v) is 22.2. The van der Waals surface area contributed by atoms with E-state index in [0.29, 0.717) is 0 Å². The van der Waals surface area contributed by atoms with E-state index in [1.165, 1.54) is 70.9 Å². The van der Waals surface area contributed by atoms with Crippen LogP contribution in [0.1, 0.15) is 25.5 Å². The van der Waals surface area contributed by atoms with E-state index in [2.05, 4.69) is 282 Å². The van der Waals surface area contributed by atoms with Gasteiger partial charge in [-0.2, -0.15) is 0 Å². The van der Waals surface area contributed by atoms with Crippen LogP contribution in [-0.4, -0.2) is 29.1 Å². The summed E-state index contributed by atoms with van der Waals surface area (Å²) in [5.74, 6) is 2.09. The zero-order chi connectivity index (χ0) is 57.2. The lowest BCUT2D eigenvalue weighted by Gasteiger charge is -2.20. The Bertz CT molecular complexity index is 4920. The van der Waals surface area contributed by atoms with E-state index in [1.54, 1.807) is 0 Å². The first-order valence-corrected chi connectivity index (χ1v) is 29.7. The van der Waals surface area contributed by atoms with Gasteiger partial charge in [-0.05, 0) is 200 Å². The van der Waals surface area contributed by atoms with Gasteiger partial charge in [0.25, 0.3) is 0 Å². The summed E-state index contributed by atoms with van der Waals surface area (Å²) in [6.45, 7) is 4.36. The number of nitrogens with zero attached hydrogens (tertiary/aromatic N) is 6. The Morgan fingerprint density at radius 1 is 0.267 bits per heavy atom.